The Labute approximate surface area is 131 Å². The molecule has 0 N–H and O–H groups in total. The van der Waals surface area contributed by atoms with Gasteiger partial charge in [0, 0.05) is 0 Å². The second-order valence-corrected chi connectivity index (χ2v) is 5.04. The second kappa shape index (κ2) is 9.07. The van der Waals surface area contributed by atoms with Crippen molar-refractivity contribution in [3.8, 4) is 5.75 Å². The van der Waals surface area contributed by atoms with Crippen molar-refractivity contribution in [2.75, 3.05) is 19.8 Å². The van der Waals surface area contributed by atoms with Gasteiger partial charge in [0.05, 0.1) is 19.8 Å². The molecule has 0 aliphatic heterocycles. The molecule has 0 atom stereocenters. The van der Waals surface area contributed by atoms with Gasteiger partial charge in [-0.3, -0.25) is 9.59 Å². The molecule has 0 aromatic heterocycles. The van der Waals surface area contributed by atoms with Gasteiger partial charge in [0.2, 0.25) is 0 Å². The highest BCUT2D eigenvalue weighted by Gasteiger charge is 2.43. The first-order valence-electron chi connectivity index (χ1n) is 7.57. The number of hydrogen-bond donors (Lipinski definition) is 0. The molecule has 0 aliphatic rings. The minimum Gasteiger partial charge on any atom is -0.494 e. The number of carbonyl (C=O) groups excluding carboxylic acids is 2. The number of rotatable bonds is 9. The third-order valence-corrected chi connectivity index (χ3v) is 3.28. The fraction of sp³-hybridized carbons (Fsp3) is 0.529. The van der Waals surface area contributed by atoms with Crippen molar-refractivity contribution in [3.05, 3.63) is 30.3 Å². The van der Waals surface area contributed by atoms with Crippen LogP contribution in [0.3, 0.4) is 0 Å². The van der Waals surface area contributed by atoms with Gasteiger partial charge in [0.1, 0.15) is 5.75 Å². The lowest BCUT2D eigenvalue weighted by Gasteiger charge is -2.24. The van der Waals surface area contributed by atoms with Crippen LogP contribution < -0.4 is 4.74 Å². The molecule has 0 aliphatic carbocycles. The number of hydrogen-bond acceptors (Lipinski definition) is 5. The van der Waals surface area contributed by atoms with Gasteiger partial charge in [0.25, 0.3) is 0 Å². The van der Waals surface area contributed by atoms with E-state index in [9.17, 15) is 9.59 Å². The molecule has 0 amide bonds. The monoisotopic (exact) mass is 308 g/mol. The fourth-order valence-electron chi connectivity index (χ4n) is 2.00. The van der Waals surface area contributed by atoms with E-state index in [1.807, 2.05) is 30.3 Å². The molecule has 5 heteroatoms. The smallest absolute Gasteiger partial charge is 0.323 e. The fourth-order valence-corrected chi connectivity index (χ4v) is 2.00. The minimum atomic E-state index is -1.29. The Morgan fingerprint density at radius 3 is 2.05 bits per heavy atom. The topological polar surface area (TPSA) is 61.8 Å². The Bertz CT molecular complexity index is 451. The molecule has 0 radical (unpaired) electrons. The van der Waals surface area contributed by atoms with E-state index in [0.717, 1.165) is 5.75 Å². The van der Waals surface area contributed by atoms with Crippen LogP contribution in [0.1, 0.15) is 33.6 Å². The molecule has 0 heterocycles. The Kier molecular flexibility index (Phi) is 7.43. The molecule has 122 valence electrons. The van der Waals surface area contributed by atoms with Gasteiger partial charge in [0.15, 0.2) is 5.41 Å². The maximum absolute atomic E-state index is 12.1. The van der Waals surface area contributed by atoms with Gasteiger partial charge in [-0.1, -0.05) is 18.2 Å². The van der Waals surface area contributed by atoms with Crippen molar-refractivity contribution in [2.45, 2.75) is 33.6 Å². The first-order valence-corrected chi connectivity index (χ1v) is 7.57. The maximum Gasteiger partial charge on any atom is 0.323 e. The Morgan fingerprint density at radius 2 is 1.55 bits per heavy atom. The highest BCUT2D eigenvalue weighted by molar-refractivity contribution is 5.99. The first-order chi connectivity index (χ1) is 10.5. The molecule has 1 aromatic carbocycles. The second-order valence-electron chi connectivity index (χ2n) is 5.04. The Hall–Kier alpha value is -2.04. The van der Waals surface area contributed by atoms with E-state index in [4.69, 9.17) is 14.2 Å². The van der Waals surface area contributed by atoms with E-state index in [1.54, 1.807) is 20.8 Å². The van der Waals surface area contributed by atoms with Crippen LogP contribution in [0.5, 0.6) is 5.75 Å². The van der Waals surface area contributed by atoms with Gasteiger partial charge in [-0.2, -0.15) is 0 Å². The highest BCUT2D eigenvalue weighted by Crippen LogP contribution is 2.27. The zero-order valence-electron chi connectivity index (χ0n) is 13.5. The van der Waals surface area contributed by atoms with Crippen molar-refractivity contribution in [1.82, 2.24) is 0 Å². The number of benzene rings is 1. The van der Waals surface area contributed by atoms with Crippen molar-refractivity contribution >= 4 is 11.9 Å². The SMILES string of the molecule is CCOC(=O)C(C)(CCCOc1ccccc1)C(=O)OCC. The summed E-state index contributed by atoms with van der Waals surface area (Å²) in [5, 5.41) is 0. The van der Waals surface area contributed by atoms with E-state index in [-0.39, 0.29) is 13.2 Å². The zero-order chi connectivity index (χ0) is 16.4. The number of para-hydroxylation sites is 1. The number of ether oxygens (including phenoxy) is 3. The minimum absolute atomic E-state index is 0.230. The van der Waals surface area contributed by atoms with Crippen LogP contribution in [0.25, 0.3) is 0 Å². The summed E-state index contributed by atoms with van der Waals surface area (Å²) in [5.41, 5.74) is -1.29. The summed E-state index contributed by atoms with van der Waals surface area (Å²) in [6.45, 7) is 5.86. The maximum atomic E-state index is 12.1. The molecule has 0 saturated heterocycles. The molecule has 22 heavy (non-hydrogen) atoms. The lowest BCUT2D eigenvalue weighted by Crippen LogP contribution is -2.39. The highest BCUT2D eigenvalue weighted by atomic mass is 16.6. The molecule has 5 nitrogen and oxygen atoms in total. The average molecular weight is 308 g/mol. The molecule has 0 unspecified atom stereocenters. The third-order valence-electron chi connectivity index (χ3n) is 3.28. The Morgan fingerprint density at radius 1 is 1.00 bits per heavy atom. The summed E-state index contributed by atoms with van der Waals surface area (Å²) in [7, 11) is 0. The van der Waals surface area contributed by atoms with Crippen molar-refractivity contribution in [1.29, 1.82) is 0 Å². The predicted octanol–water partition coefficient (Wildman–Crippen LogP) is 2.98. The first kappa shape index (κ1) is 18.0. The van der Waals surface area contributed by atoms with Crippen molar-refractivity contribution < 1.29 is 23.8 Å². The summed E-state index contributed by atoms with van der Waals surface area (Å²) < 4.78 is 15.6. The molecule has 1 rings (SSSR count). The summed E-state index contributed by atoms with van der Waals surface area (Å²) in [6.07, 6.45) is 0.862. The normalized spacial score (nSPS) is 10.9. The zero-order valence-corrected chi connectivity index (χ0v) is 13.5. The molecule has 1 aromatic rings. The van der Waals surface area contributed by atoms with Gasteiger partial charge < -0.3 is 14.2 Å². The summed E-state index contributed by atoms with van der Waals surface area (Å²) in [6, 6.07) is 9.39. The van der Waals surface area contributed by atoms with Gasteiger partial charge in [-0.05, 0) is 45.7 Å². The lowest BCUT2D eigenvalue weighted by molar-refractivity contribution is -0.171. The van der Waals surface area contributed by atoms with Crippen molar-refractivity contribution in [3.63, 3.8) is 0 Å². The average Bonchev–Trinajstić information content (AvgIpc) is 2.52. The predicted molar refractivity (Wildman–Crippen MR) is 82.5 cm³/mol. The molecular formula is C17H24O5. The van der Waals surface area contributed by atoms with Crippen LogP contribution in [0.4, 0.5) is 0 Å². The molecule has 0 spiro atoms. The van der Waals surface area contributed by atoms with Gasteiger partial charge in [-0.15, -0.1) is 0 Å². The van der Waals surface area contributed by atoms with E-state index in [2.05, 4.69) is 0 Å². The molecule has 0 fully saturated rings. The van der Waals surface area contributed by atoms with Crippen molar-refractivity contribution in [2.24, 2.45) is 5.41 Å². The molecular weight excluding hydrogens is 284 g/mol. The number of carbonyl (C=O) groups is 2. The molecule has 0 saturated carbocycles. The van der Waals surface area contributed by atoms with E-state index in [1.165, 1.54) is 0 Å². The summed E-state index contributed by atoms with van der Waals surface area (Å²) >= 11 is 0. The van der Waals surface area contributed by atoms with Gasteiger partial charge in [-0.25, -0.2) is 0 Å². The van der Waals surface area contributed by atoms with E-state index < -0.39 is 17.4 Å². The van der Waals surface area contributed by atoms with Crippen LogP contribution in [0.15, 0.2) is 30.3 Å². The van der Waals surface area contributed by atoms with E-state index >= 15 is 0 Å². The largest absolute Gasteiger partial charge is 0.494 e. The van der Waals surface area contributed by atoms with E-state index in [0.29, 0.717) is 19.4 Å². The van der Waals surface area contributed by atoms with Crippen LogP contribution in [-0.2, 0) is 19.1 Å². The summed E-state index contributed by atoms with van der Waals surface area (Å²) in [5.74, 6) is -0.335. The van der Waals surface area contributed by atoms with Crippen LogP contribution in [0, 0.1) is 5.41 Å². The quantitative estimate of drug-likeness (QED) is 0.399. The Balaban J connectivity index is 2.57. The standard InChI is InChI=1S/C17H24O5/c1-4-20-15(18)17(3,16(19)21-5-2)12-9-13-22-14-10-7-6-8-11-14/h6-8,10-11H,4-5,9,12-13H2,1-3H3. The third kappa shape index (κ3) is 5.06. The van der Waals surface area contributed by atoms with Crippen LogP contribution in [0.2, 0.25) is 0 Å². The lowest BCUT2D eigenvalue weighted by atomic mass is 9.85. The summed E-state index contributed by atoms with van der Waals surface area (Å²) in [4.78, 5) is 24.2. The number of esters is 2. The van der Waals surface area contributed by atoms with Crippen LogP contribution >= 0.6 is 0 Å². The van der Waals surface area contributed by atoms with Gasteiger partial charge >= 0.3 is 11.9 Å². The molecule has 0 bridgehead atoms. The van der Waals surface area contributed by atoms with Crippen LogP contribution in [-0.4, -0.2) is 31.8 Å².